The van der Waals surface area contributed by atoms with Crippen molar-refractivity contribution in [3.05, 3.63) is 33.0 Å². The van der Waals surface area contributed by atoms with Gasteiger partial charge in [-0.1, -0.05) is 27.7 Å². The van der Waals surface area contributed by atoms with Crippen LogP contribution in [0.15, 0.2) is 6.20 Å². The van der Waals surface area contributed by atoms with Gasteiger partial charge in [-0.25, -0.2) is 4.98 Å². The van der Waals surface area contributed by atoms with Gasteiger partial charge in [-0.2, -0.15) is 10.4 Å². The van der Waals surface area contributed by atoms with Crippen molar-refractivity contribution in [3.63, 3.8) is 0 Å². The summed E-state index contributed by atoms with van der Waals surface area (Å²) < 4.78 is 0. The van der Waals surface area contributed by atoms with Crippen LogP contribution in [0.5, 0.6) is 0 Å². The first-order valence-corrected chi connectivity index (χ1v) is 7.80. The van der Waals surface area contributed by atoms with Crippen LogP contribution in [0.4, 0.5) is 0 Å². The lowest BCUT2D eigenvalue weighted by molar-refractivity contribution is 0.566. The van der Waals surface area contributed by atoms with Crippen LogP contribution >= 0.6 is 11.3 Å². The quantitative estimate of drug-likeness (QED) is 0.868. The highest BCUT2D eigenvalue weighted by Gasteiger charge is 2.20. The van der Waals surface area contributed by atoms with Crippen molar-refractivity contribution in [2.45, 2.75) is 46.5 Å². The zero-order valence-corrected chi connectivity index (χ0v) is 13.9. The number of aromatic amines is 1. The van der Waals surface area contributed by atoms with Gasteiger partial charge in [0.1, 0.15) is 11.1 Å². The van der Waals surface area contributed by atoms with Gasteiger partial charge in [0.2, 0.25) is 0 Å². The molecular weight excluding hydrogens is 280 g/mol. The molecule has 2 rings (SSSR count). The van der Waals surface area contributed by atoms with Gasteiger partial charge in [0.25, 0.3) is 0 Å². The summed E-state index contributed by atoms with van der Waals surface area (Å²) in [5, 5.41) is 17.4. The fourth-order valence-electron chi connectivity index (χ4n) is 2.17. The standard InChI is InChI=1S/C16H20N4S/c1-6-13-10(2)21-15(19-13)11(8-17)7-12-9-18-20-14(12)16(3,4)5/h7,9H,6H2,1-5H3,(H,18,20)/b11-7-. The predicted octanol–water partition coefficient (Wildman–Crippen LogP) is 4.10. The Morgan fingerprint density at radius 2 is 2.19 bits per heavy atom. The van der Waals surface area contributed by atoms with Gasteiger partial charge < -0.3 is 0 Å². The van der Waals surface area contributed by atoms with E-state index < -0.39 is 0 Å². The average molecular weight is 300 g/mol. The zero-order valence-electron chi connectivity index (χ0n) is 13.1. The molecule has 0 aliphatic rings. The predicted molar refractivity (Wildman–Crippen MR) is 87.0 cm³/mol. The third-order valence-electron chi connectivity index (χ3n) is 3.30. The number of hydrogen-bond acceptors (Lipinski definition) is 4. The van der Waals surface area contributed by atoms with Crippen LogP contribution in [0.2, 0.25) is 0 Å². The SMILES string of the molecule is CCc1nc(/C(C#N)=C\c2cn[nH]c2C(C)(C)C)sc1C. The van der Waals surface area contributed by atoms with Gasteiger partial charge in [-0.3, -0.25) is 5.10 Å². The second kappa shape index (κ2) is 5.82. The molecule has 0 unspecified atom stereocenters. The molecule has 5 heteroatoms. The van der Waals surface area contributed by atoms with Crippen LogP contribution in [0.1, 0.15) is 54.5 Å². The van der Waals surface area contributed by atoms with E-state index in [9.17, 15) is 5.26 Å². The lowest BCUT2D eigenvalue weighted by Crippen LogP contribution is -2.13. The number of thiazole rings is 1. The molecule has 2 heterocycles. The van der Waals surface area contributed by atoms with Crippen LogP contribution in [0.25, 0.3) is 11.6 Å². The largest absolute Gasteiger partial charge is 0.281 e. The maximum Gasteiger partial charge on any atom is 0.134 e. The lowest BCUT2D eigenvalue weighted by atomic mass is 9.89. The topological polar surface area (TPSA) is 65.4 Å². The lowest BCUT2D eigenvalue weighted by Gasteiger charge is -2.17. The molecule has 2 aromatic rings. The molecule has 0 fully saturated rings. The van der Waals surface area contributed by atoms with Crippen molar-refractivity contribution in [1.82, 2.24) is 15.2 Å². The van der Waals surface area contributed by atoms with Gasteiger partial charge in [0, 0.05) is 21.5 Å². The molecule has 0 atom stereocenters. The Morgan fingerprint density at radius 1 is 1.48 bits per heavy atom. The highest BCUT2D eigenvalue weighted by Crippen LogP contribution is 2.29. The third kappa shape index (κ3) is 3.22. The Balaban J connectivity index is 2.47. The highest BCUT2D eigenvalue weighted by molar-refractivity contribution is 7.12. The van der Waals surface area contributed by atoms with E-state index in [0.29, 0.717) is 5.57 Å². The first-order chi connectivity index (χ1) is 9.86. The number of rotatable bonds is 3. The van der Waals surface area contributed by atoms with Gasteiger partial charge in [-0.15, -0.1) is 11.3 Å². The molecule has 0 aromatic carbocycles. The van der Waals surface area contributed by atoms with Crippen molar-refractivity contribution in [1.29, 1.82) is 5.26 Å². The summed E-state index contributed by atoms with van der Waals surface area (Å²) in [6, 6.07) is 2.27. The molecule has 0 amide bonds. The van der Waals surface area contributed by atoms with Crippen LogP contribution < -0.4 is 0 Å². The maximum absolute atomic E-state index is 9.46. The van der Waals surface area contributed by atoms with E-state index >= 15 is 0 Å². The molecule has 0 aliphatic heterocycles. The number of aryl methyl sites for hydroxylation is 2. The number of H-pyrrole nitrogens is 1. The number of allylic oxidation sites excluding steroid dienone is 1. The number of nitrogens with one attached hydrogen (secondary N) is 1. The Kier molecular flexibility index (Phi) is 4.29. The molecule has 21 heavy (non-hydrogen) atoms. The van der Waals surface area contributed by atoms with E-state index in [-0.39, 0.29) is 5.41 Å². The summed E-state index contributed by atoms with van der Waals surface area (Å²) in [6.45, 7) is 10.5. The van der Waals surface area contributed by atoms with Crippen molar-refractivity contribution < 1.29 is 0 Å². The van der Waals surface area contributed by atoms with Crippen LogP contribution in [-0.4, -0.2) is 15.2 Å². The minimum absolute atomic E-state index is 0.0454. The second-order valence-electron chi connectivity index (χ2n) is 6.00. The van der Waals surface area contributed by atoms with Crippen molar-refractivity contribution in [2.75, 3.05) is 0 Å². The van der Waals surface area contributed by atoms with Gasteiger partial charge >= 0.3 is 0 Å². The second-order valence-corrected chi connectivity index (χ2v) is 7.20. The highest BCUT2D eigenvalue weighted by atomic mass is 32.1. The van der Waals surface area contributed by atoms with Crippen LogP contribution in [0, 0.1) is 18.3 Å². The normalized spacial score (nSPS) is 12.5. The smallest absolute Gasteiger partial charge is 0.134 e. The van der Waals surface area contributed by atoms with Crippen molar-refractivity contribution in [3.8, 4) is 6.07 Å². The van der Waals surface area contributed by atoms with E-state index in [1.165, 1.54) is 4.88 Å². The van der Waals surface area contributed by atoms with E-state index in [1.807, 2.05) is 13.0 Å². The summed E-state index contributed by atoms with van der Waals surface area (Å²) in [7, 11) is 0. The number of nitriles is 1. The summed E-state index contributed by atoms with van der Waals surface area (Å²) in [5.41, 5.74) is 3.59. The summed E-state index contributed by atoms with van der Waals surface area (Å²) in [6.07, 6.45) is 4.53. The minimum atomic E-state index is -0.0454. The Labute approximate surface area is 129 Å². The number of hydrogen-bond donors (Lipinski definition) is 1. The van der Waals surface area contributed by atoms with Crippen LogP contribution in [0.3, 0.4) is 0 Å². The first-order valence-electron chi connectivity index (χ1n) is 6.99. The molecule has 110 valence electrons. The van der Waals surface area contributed by atoms with Crippen LogP contribution in [-0.2, 0) is 11.8 Å². The maximum atomic E-state index is 9.46. The average Bonchev–Trinajstić information content (AvgIpc) is 3.01. The molecule has 0 saturated heterocycles. The Morgan fingerprint density at radius 3 is 2.71 bits per heavy atom. The molecule has 4 nitrogen and oxygen atoms in total. The summed E-state index contributed by atoms with van der Waals surface area (Å²) in [5.74, 6) is 0. The van der Waals surface area contributed by atoms with Crippen molar-refractivity contribution in [2.24, 2.45) is 0 Å². The summed E-state index contributed by atoms with van der Waals surface area (Å²) in [4.78, 5) is 5.75. The monoisotopic (exact) mass is 300 g/mol. The van der Waals surface area contributed by atoms with Crippen molar-refractivity contribution >= 4 is 23.0 Å². The van der Waals surface area contributed by atoms with E-state index in [0.717, 1.165) is 28.4 Å². The fraction of sp³-hybridized carbons (Fsp3) is 0.438. The molecule has 1 N–H and O–H groups in total. The minimum Gasteiger partial charge on any atom is -0.281 e. The molecule has 0 aliphatic carbocycles. The molecule has 2 aromatic heterocycles. The molecular formula is C16H20N4S. The van der Waals surface area contributed by atoms with Gasteiger partial charge in [-0.05, 0) is 19.4 Å². The molecule has 0 saturated carbocycles. The third-order valence-corrected chi connectivity index (χ3v) is 4.34. The molecule has 0 radical (unpaired) electrons. The zero-order chi connectivity index (χ0) is 15.6. The van der Waals surface area contributed by atoms with E-state index in [1.54, 1.807) is 17.5 Å². The van der Waals surface area contributed by atoms with E-state index in [2.05, 4.69) is 48.9 Å². The molecule has 0 bridgehead atoms. The van der Waals surface area contributed by atoms with Gasteiger partial charge in [0.05, 0.1) is 17.5 Å². The number of aromatic nitrogens is 3. The molecule has 0 spiro atoms. The number of nitrogens with zero attached hydrogens (tertiary/aromatic N) is 3. The van der Waals surface area contributed by atoms with E-state index in [4.69, 9.17) is 0 Å². The van der Waals surface area contributed by atoms with Gasteiger partial charge in [0.15, 0.2) is 0 Å². The summed E-state index contributed by atoms with van der Waals surface area (Å²) >= 11 is 1.57. The Bertz CT molecular complexity index is 707. The fourth-order valence-corrected chi connectivity index (χ4v) is 3.14. The first kappa shape index (κ1) is 15.5. The Hall–Kier alpha value is -1.93.